The summed E-state index contributed by atoms with van der Waals surface area (Å²) in [6.45, 7) is 3.81. The third kappa shape index (κ3) is 7.44. The number of hydrogen-bond acceptors (Lipinski definition) is 6. The first-order valence-corrected chi connectivity index (χ1v) is 10.8. The number of benzene rings is 2. The third-order valence-electron chi connectivity index (χ3n) is 3.94. The summed E-state index contributed by atoms with van der Waals surface area (Å²) in [5.41, 5.74) is 0.415. The lowest BCUT2D eigenvalue weighted by Gasteiger charge is -2.21. The van der Waals surface area contributed by atoms with Gasteiger partial charge in [0.15, 0.2) is 0 Å². The lowest BCUT2D eigenvalue weighted by Crippen LogP contribution is -2.31. The predicted octanol–water partition coefficient (Wildman–Crippen LogP) is 3.96. The summed E-state index contributed by atoms with van der Waals surface area (Å²) < 4.78 is 79.3. The monoisotopic (exact) mass is 461 g/mol. The van der Waals surface area contributed by atoms with Crippen molar-refractivity contribution in [2.75, 3.05) is 13.2 Å². The molecule has 0 saturated carbocycles. The Morgan fingerprint density at radius 2 is 1.68 bits per heavy atom. The molecule has 7 nitrogen and oxygen atoms in total. The lowest BCUT2D eigenvalue weighted by atomic mass is 10.0. The van der Waals surface area contributed by atoms with E-state index in [2.05, 4.69) is 9.46 Å². The standard InChI is InChI=1S/C20H22F3NO6S/c1-3-28-18-8-6-5-7-16(18)17(13-19(25)29-4-2)24-31(26,27)15-11-9-14(10-12-15)30-20(21,22)23/h5-12,17,24H,3-4,13H2,1-2H3. The van der Waals surface area contributed by atoms with Crippen LogP contribution >= 0.6 is 0 Å². The van der Waals surface area contributed by atoms with E-state index in [1.54, 1.807) is 38.1 Å². The van der Waals surface area contributed by atoms with E-state index < -0.39 is 34.1 Å². The minimum Gasteiger partial charge on any atom is -0.494 e. The summed E-state index contributed by atoms with van der Waals surface area (Å²) in [7, 11) is -4.21. The number of hydrogen-bond donors (Lipinski definition) is 1. The first kappa shape index (κ1) is 24.5. The Morgan fingerprint density at radius 3 is 2.26 bits per heavy atom. The molecule has 0 aliphatic carbocycles. The molecule has 0 saturated heterocycles. The van der Waals surface area contributed by atoms with E-state index in [0.717, 1.165) is 24.3 Å². The molecule has 170 valence electrons. The number of esters is 1. The van der Waals surface area contributed by atoms with E-state index in [-0.39, 0.29) is 17.9 Å². The molecule has 2 rings (SSSR count). The van der Waals surface area contributed by atoms with Gasteiger partial charge in [-0.3, -0.25) is 4.79 Å². The highest BCUT2D eigenvalue weighted by molar-refractivity contribution is 7.89. The normalized spacial score (nSPS) is 12.8. The van der Waals surface area contributed by atoms with E-state index in [4.69, 9.17) is 9.47 Å². The van der Waals surface area contributed by atoms with Gasteiger partial charge >= 0.3 is 12.3 Å². The van der Waals surface area contributed by atoms with Gasteiger partial charge in [0, 0.05) is 5.56 Å². The molecule has 1 unspecified atom stereocenters. The van der Waals surface area contributed by atoms with E-state index >= 15 is 0 Å². The summed E-state index contributed by atoms with van der Waals surface area (Å²) in [6.07, 6.45) is -5.21. The fourth-order valence-electron chi connectivity index (χ4n) is 2.73. The molecule has 0 bridgehead atoms. The molecule has 1 N–H and O–H groups in total. The van der Waals surface area contributed by atoms with Crippen molar-refractivity contribution in [2.45, 2.75) is 37.6 Å². The number of para-hydroxylation sites is 1. The fraction of sp³-hybridized carbons (Fsp3) is 0.350. The van der Waals surface area contributed by atoms with Crippen molar-refractivity contribution in [3.05, 3.63) is 54.1 Å². The van der Waals surface area contributed by atoms with Crippen LogP contribution in [0.25, 0.3) is 0 Å². The average Bonchev–Trinajstić information content (AvgIpc) is 2.67. The quantitative estimate of drug-likeness (QED) is 0.539. The molecule has 2 aromatic carbocycles. The fourth-order valence-corrected chi connectivity index (χ4v) is 3.95. The van der Waals surface area contributed by atoms with Gasteiger partial charge in [-0.05, 0) is 44.2 Å². The van der Waals surface area contributed by atoms with Crippen LogP contribution in [-0.4, -0.2) is 34.0 Å². The van der Waals surface area contributed by atoms with Gasteiger partial charge in [-0.15, -0.1) is 13.2 Å². The number of halogens is 3. The van der Waals surface area contributed by atoms with Crippen LogP contribution in [0.4, 0.5) is 13.2 Å². The molecule has 11 heteroatoms. The van der Waals surface area contributed by atoms with Crippen molar-refractivity contribution in [3.63, 3.8) is 0 Å². The Morgan fingerprint density at radius 1 is 1.03 bits per heavy atom. The molecule has 1 atom stereocenters. The second-order valence-electron chi connectivity index (χ2n) is 6.17. The number of carbonyl (C=O) groups excluding carboxylic acids is 1. The average molecular weight is 461 g/mol. The van der Waals surface area contributed by atoms with Crippen molar-refractivity contribution in [1.29, 1.82) is 0 Å². The molecule has 0 aliphatic rings. The summed E-state index contributed by atoms with van der Waals surface area (Å²) in [4.78, 5) is 11.8. The zero-order valence-corrected chi connectivity index (χ0v) is 17.6. The molecule has 0 fully saturated rings. The minimum atomic E-state index is -4.90. The Balaban J connectivity index is 2.33. The maximum absolute atomic E-state index is 12.9. The van der Waals surface area contributed by atoms with Crippen LogP contribution in [0.2, 0.25) is 0 Å². The van der Waals surface area contributed by atoms with Crippen LogP contribution in [-0.2, 0) is 19.6 Å². The molecule has 0 heterocycles. The van der Waals surface area contributed by atoms with E-state index in [9.17, 15) is 26.4 Å². The number of rotatable bonds is 10. The summed E-state index contributed by atoms with van der Waals surface area (Å²) in [5.74, 6) is -0.803. The summed E-state index contributed by atoms with van der Waals surface area (Å²) in [5, 5.41) is 0. The Bertz CT molecular complexity index is 977. The zero-order valence-electron chi connectivity index (χ0n) is 16.8. The number of sulfonamides is 1. The highest BCUT2D eigenvalue weighted by Crippen LogP contribution is 2.30. The molecule has 0 radical (unpaired) electrons. The second kappa shape index (κ2) is 10.5. The number of alkyl halides is 3. The van der Waals surface area contributed by atoms with Gasteiger partial charge in [0.05, 0.1) is 30.6 Å². The van der Waals surface area contributed by atoms with Crippen LogP contribution in [0, 0.1) is 0 Å². The molecule has 0 amide bonds. The van der Waals surface area contributed by atoms with Crippen molar-refractivity contribution in [1.82, 2.24) is 4.72 Å². The second-order valence-corrected chi connectivity index (χ2v) is 7.89. The number of nitrogens with one attached hydrogen (secondary N) is 1. The molecular weight excluding hydrogens is 439 g/mol. The Kier molecular flexibility index (Phi) is 8.28. The van der Waals surface area contributed by atoms with Crippen LogP contribution in [0.3, 0.4) is 0 Å². The van der Waals surface area contributed by atoms with Gasteiger partial charge in [-0.2, -0.15) is 0 Å². The molecule has 0 aliphatic heterocycles. The SMILES string of the molecule is CCOC(=O)CC(NS(=O)(=O)c1ccc(OC(F)(F)F)cc1)c1ccccc1OCC. The van der Waals surface area contributed by atoms with Gasteiger partial charge in [-0.25, -0.2) is 13.1 Å². The maximum Gasteiger partial charge on any atom is 0.573 e. The van der Waals surface area contributed by atoms with Gasteiger partial charge in [0.2, 0.25) is 10.0 Å². The van der Waals surface area contributed by atoms with E-state index in [1.165, 1.54) is 0 Å². The predicted molar refractivity (Wildman–Crippen MR) is 105 cm³/mol. The topological polar surface area (TPSA) is 90.9 Å². The lowest BCUT2D eigenvalue weighted by molar-refractivity contribution is -0.274. The van der Waals surface area contributed by atoms with Crippen LogP contribution in [0.5, 0.6) is 11.5 Å². The Hall–Kier alpha value is -2.79. The highest BCUT2D eigenvalue weighted by Gasteiger charge is 2.31. The van der Waals surface area contributed by atoms with E-state index in [1.807, 2.05) is 0 Å². The zero-order chi connectivity index (χ0) is 23.1. The summed E-state index contributed by atoms with van der Waals surface area (Å²) >= 11 is 0. The van der Waals surface area contributed by atoms with Gasteiger partial charge in [0.1, 0.15) is 11.5 Å². The van der Waals surface area contributed by atoms with E-state index in [0.29, 0.717) is 17.9 Å². The Labute approximate surface area is 178 Å². The largest absolute Gasteiger partial charge is 0.573 e. The molecular formula is C20H22F3NO6S. The number of carbonyl (C=O) groups is 1. The van der Waals surface area contributed by atoms with Crippen LogP contribution in [0.1, 0.15) is 31.9 Å². The van der Waals surface area contributed by atoms with Crippen LogP contribution in [0.15, 0.2) is 53.4 Å². The maximum atomic E-state index is 12.9. The van der Waals surface area contributed by atoms with Gasteiger partial charge in [-0.1, -0.05) is 18.2 Å². The first-order chi connectivity index (χ1) is 14.6. The van der Waals surface area contributed by atoms with Crippen LogP contribution < -0.4 is 14.2 Å². The smallest absolute Gasteiger partial charge is 0.494 e. The summed E-state index contributed by atoms with van der Waals surface area (Å²) in [6, 6.07) is 9.29. The first-order valence-electron chi connectivity index (χ1n) is 9.31. The van der Waals surface area contributed by atoms with Gasteiger partial charge < -0.3 is 14.2 Å². The molecule has 0 spiro atoms. The molecule has 0 aromatic heterocycles. The van der Waals surface area contributed by atoms with Crippen molar-refractivity contribution >= 4 is 16.0 Å². The molecule has 2 aromatic rings. The highest BCUT2D eigenvalue weighted by atomic mass is 32.2. The van der Waals surface area contributed by atoms with Gasteiger partial charge in [0.25, 0.3) is 0 Å². The molecule has 31 heavy (non-hydrogen) atoms. The van der Waals surface area contributed by atoms with Crippen molar-refractivity contribution in [2.24, 2.45) is 0 Å². The third-order valence-corrected chi connectivity index (χ3v) is 5.42. The van der Waals surface area contributed by atoms with Crippen molar-refractivity contribution < 1.29 is 40.6 Å². The van der Waals surface area contributed by atoms with Crippen molar-refractivity contribution in [3.8, 4) is 11.5 Å². The minimum absolute atomic E-state index is 0.117. The number of ether oxygens (including phenoxy) is 3.